The molecule has 4 nitrogen and oxygen atoms in total. The van der Waals surface area contributed by atoms with Gasteiger partial charge in [0.05, 0.1) is 48.1 Å². The molecule has 0 fully saturated rings. The molecule has 0 aliphatic carbocycles. The van der Waals surface area contributed by atoms with Crippen LogP contribution in [0.15, 0.2) is 82.6 Å². The first-order chi connectivity index (χ1) is 21.7. The number of hydrogen-bond donors (Lipinski definition) is 0. The smallest absolute Gasteiger partial charge is 0.176 e. The van der Waals surface area contributed by atoms with Gasteiger partial charge in [0, 0.05) is 46.5 Å². The van der Waals surface area contributed by atoms with Crippen molar-refractivity contribution in [2.75, 3.05) is 12.5 Å². The molecule has 46 heavy (non-hydrogen) atoms. The third-order valence-electron chi connectivity index (χ3n) is 7.24. The Labute approximate surface area is 277 Å². The van der Waals surface area contributed by atoms with Crippen LogP contribution in [-0.4, -0.2) is 30.9 Å². The molecule has 0 saturated heterocycles. The molecule has 0 atom stereocenters. The lowest BCUT2D eigenvalue weighted by molar-refractivity contribution is 0.590. The molecular formula is C34H24Cl2F4N2O2S2. The molecule has 0 unspecified atom stereocenters. The summed E-state index contributed by atoms with van der Waals surface area (Å²) in [5.74, 6) is -2.95. The molecule has 2 aromatic heterocycles. The molecule has 236 valence electrons. The zero-order chi connectivity index (χ0) is 33.5. The number of halogens is 6. The number of hydrogen-bond acceptors (Lipinski definition) is 5. The maximum Gasteiger partial charge on any atom is 0.176 e. The fourth-order valence-electron chi connectivity index (χ4n) is 5.07. The zero-order valence-corrected chi connectivity index (χ0v) is 27.9. The fraction of sp³-hybridized carbons (Fsp3) is 0.118. The summed E-state index contributed by atoms with van der Waals surface area (Å²) in [5, 5.41) is 0.520. The molecule has 6 aromatic rings. The number of rotatable bonds is 4. The van der Waals surface area contributed by atoms with Crippen molar-refractivity contribution in [2.24, 2.45) is 0 Å². The lowest BCUT2D eigenvalue weighted by atomic mass is 10.0. The lowest BCUT2D eigenvalue weighted by Crippen LogP contribution is -2.02. The van der Waals surface area contributed by atoms with Gasteiger partial charge in [0.1, 0.15) is 23.3 Å². The Morgan fingerprint density at radius 2 is 1.11 bits per heavy atom. The van der Waals surface area contributed by atoms with Crippen molar-refractivity contribution < 1.29 is 26.0 Å². The molecule has 0 aliphatic heterocycles. The van der Waals surface area contributed by atoms with Crippen LogP contribution in [0.3, 0.4) is 0 Å². The number of benzene rings is 4. The van der Waals surface area contributed by atoms with Gasteiger partial charge in [-0.3, -0.25) is 0 Å². The van der Waals surface area contributed by atoms with Gasteiger partial charge in [0.15, 0.2) is 9.84 Å². The van der Waals surface area contributed by atoms with Gasteiger partial charge in [-0.25, -0.2) is 35.9 Å². The second kappa shape index (κ2) is 13.2. The van der Waals surface area contributed by atoms with E-state index in [1.807, 2.05) is 30.5 Å². The molecule has 0 aliphatic rings. The van der Waals surface area contributed by atoms with Crippen molar-refractivity contribution in [3.8, 4) is 22.5 Å². The Balaban J connectivity index is 0.000000182. The number of nitrogens with zero attached hydrogens (tertiary/aromatic N) is 2. The minimum atomic E-state index is -3.51. The van der Waals surface area contributed by atoms with E-state index in [2.05, 4.69) is 9.97 Å². The van der Waals surface area contributed by atoms with Crippen molar-refractivity contribution in [3.05, 3.63) is 117 Å². The summed E-state index contributed by atoms with van der Waals surface area (Å²) in [6, 6.07) is 17.9. The second-order valence-corrected chi connectivity index (χ2v) is 13.9. The summed E-state index contributed by atoms with van der Waals surface area (Å²) in [5.41, 5.74) is 3.52. The number of aromatic nitrogens is 2. The van der Waals surface area contributed by atoms with Gasteiger partial charge in [-0.1, -0.05) is 59.6 Å². The first kappa shape index (κ1) is 33.7. The third-order valence-corrected chi connectivity index (χ3v) is 10.1. The number of sulfone groups is 1. The SMILES string of the molecule is CSc1ccccc1-c1nc2cc(F)cc(F)c2c(Cl)c1C.Cc1c(-c2ccccc2S(C)(=O)=O)nc2cc(F)cc(F)c2c1Cl. The highest BCUT2D eigenvalue weighted by Gasteiger charge is 2.21. The van der Waals surface area contributed by atoms with Gasteiger partial charge in [-0.05, 0) is 43.4 Å². The molecule has 2 heterocycles. The molecule has 12 heteroatoms. The van der Waals surface area contributed by atoms with Crippen molar-refractivity contribution >= 4 is 66.6 Å². The molecule has 0 N–H and O–H groups in total. The molecule has 0 bridgehead atoms. The maximum absolute atomic E-state index is 14.0. The van der Waals surface area contributed by atoms with Crippen LogP contribution in [0.4, 0.5) is 17.6 Å². The first-order valence-corrected chi connectivity index (χ1v) is 17.4. The number of thioether (sulfide) groups is 1. The van der Waals surface area contributed by atoms with Crippen LogP contribution < -0.4 is 0 Å². The van der Waals surface area contributed by atoms with E-state index in [9.17, 15) is 26.0 Å². The van der Waals surface area contributed by atoms with Crippen LogP contribution in [0.5, 0.6) is 0 Å². The largest absolute Gasteiger partial charge is 0.247 e. The molecular weight excluding hydrogens is 679 g/mol. The van der Waals surface area contributed by atoms with E-state index in [0.29, 0.717) is 22.4 Å². The predicted molar refractivity (Wildman–Crippen MR) is 179 cm³/mol. The van der Waals surface area contributed by atoms with Crippen LogP contribution >= 0.6 is 35.0 Å². The van der Waals surface area contributed by atoms with Crippen LogP contribution in [0.1, 0.15) is 11.1 Å². The van der Waals surface area contributed by atoms with Gasteiger partial charge in [-0.2, -0.15) is 0 Å². The fourth-order valence-corrected chi connectivity index (χ4v) is 7.12. The van der Waals surface area contributed by atoms with Crippen LogP contribution in [-0.2, 0) is 9.84 Å². The molecule has 4 aromatic carbocycles. The minimum absolute atomic E-state index is 0.0103. The Morgan fingerprint density at radius 1 is 0.674 bits per heavy atom. The average molecular weight is 704 g/mol. The van der Waals surface area contributed by atoms with Gasteiger partial charge in [0.2, 0.25) is 0 Å². The van der Waals surface area contributed by atoms with E-state index in [-0.39, 0.29) is 42.4 Å². The highest BCUT2D eigenvalue weighted by atomic mass is 35.5. The van der Waals surface area contributed by atoms with E-state index >= 15 is 0 Å². The standard InChI is InChI=1S/C17H12ClF2NO2S.C17H12ClF2NS/c1-9-16(18)15-12(20)7-10(19)8-13(15)21-17(9)11-5-3-4-6-14(11)24(2,22)23;1-9-16(18)15-12(20)7-10(19)8-13(15)21-17(9)11-5-3-4-6-14(11)22-2/h3-8H,1-2H3;3-8H,1-2H3. The molecule has 0 amide bonds. The maximum atomic E-state index is 14.0. The summed E-state index contributed by atoms with van der Waals surface area (Å²) in [4.78, 5) is 9.84. The number of fused-ring (bicyclic) bond motifs is 2. The van der Waals surface area contributed by atoms with E-state index in [1.165, 1.54) is 12.1 Å². The summed E-state index contributed by atoms with van der Waals surface area (Å²) in [7, 11) is -3.51. The molecule has 0 spiro atoms. The summed E-state index contributed by atoms with van der Waals surface area (Å²) < 4.78 is 79.1. The molecule has 6 rings (SSSR count). The number of pyridine rings is 2. The normalized spacial score (nSPS) is 11.5. The van der Waals surface area contributed by atoms with Gasteiger partial charge in [-0.15, -0.1) is 11.8 Å². The first-order valence-electron chi connectivity index (χ1n) is 13.6. The Bertz CT molecular complexity index is 2280. The van der Waals surface area contributed by atoms with Gasteiger partial charge < -0.3 is 0 Å². The third kappa shape index (κ3) is 6.44. The van der Waals surface area contributed by atoms with Crippen LogP contribution in [0.25, 0.3) is 44.3 Å². The summed E-state index contributed by atoms with van der Waals surface area (Å²) in [6.07, 6.45) is 3.05. The van der Waals surface area contributed by atoms with Crippen LogP contribution in [0, 0.1) is 37.1 Å². The van der Waals surface area contributed by atoms with Crippen molar-refractivity contribution in [3.63, 3.8) is 0 Å². The Hall–Kier alpha value is -3.70. The van der Waals surface area contributed by atoms with Crippen molar-refractivity contribution in [1.82, 2.24) is 9.97 Å². The second-order valence-electron chi connectivity index (χ2n) is 10.3. The highest BCUT2D eigenvalue weighted by molar-refractivity contribution is 7.98. The molecule has 0 saturated carbocycles. The summed E-state index contributed by atoms with van der Waals surface area (Å²) in [6.45, 7) is 3.41. The Morgan fingerprint density at radius 3 is 1.59 bits per heavy atom. The van der Waals surface area contributed by atoms with Gasteiger partial charge in [0.25, 0.3) is 0 Å². The van der Waals surface area contributed by atoms with Crippen molar-refractivity contribution in [2.45, 2.75) is 23.6 Å². The summed E-state index contributed by atoms with van der Waals surface area (Å²) >= 11 is 14.2. The quantitative estimate of drug-likeness (QED) is 0.135. The van der Waals surface area contributed by atoms with Crippen LogP contribution in [0.2, 0.25) is 10.0 Å². The van der Waals surface area contributed by atoms with E-state index in [1.54, 1.807) is 43.8 Å². The topological polar surface area (TPSA) is 59.9 Å². The Kier molecular flexibility index (Phi) is 9.65. The average Bonchev–Trinajstić information content (AvgIpc) is 3.00. The van der Waals surface area contributed by atoms with E-state index < -0.39 is 33.1 Å². The monoisotopic (exact) mass is 702 g/mol. The molecule has 0 radical (unpaired) electrons. The highest BCUT2D eigenvalue weighted by Crippen LogP contribution is 2.39. The lowest BCUT2D eigenvalue weighted by Gasteiger charge is -2.13. The van der Waals surface area contributed by atoms with Crippen molar-refractivity contribution in [1.29, 1.82) is 0 Å². The zero-order valence-electron chi connectivity index (χ0n) is 24.7. The minimum Gasteiger partial charge on any atom is -0.247 e. The van der Waals surface area contributed by atoms with E-state index in [0.717, 1.165) is 34.9 Å². The van der Waals surface area contributed by atoms with Gasteiger partial charge >= 0.3 is 0 Å². The predicted octanol–water partition coefficient (Wildman–Crippen LogP) is 10.4. The van der Waals surface area contributed by atoms with E-state index in [4.69, 9.17) is 23.2 Å².